The minimum Gasteiger partial charge on any atom is -0.467 e. The third-order valence-electron chi connectivity index (χ3n) is 4.39. The number of esters is 1. The summed E-state index contributed by atoms with van der Waals surface area (Å²) >= 11 is 0. The van der Waals surface area contributed by atoms with Crippen molar-refractivity contribution in [1.82, 2.24) is 14.5 Å². The highest BCUT2D eigenvalue weighted by atomic mass is 32.2. The minimum absolute atomic E-state index is 0.0640. The van der Waals surface area contributed by atoms with E-state index in [1.54, 1.807) is 52.0 Å². The standard InChI is InChI=1S/C22H28N4O6S/c1-15-16(14-24-26(15)33(29,30)18-10-8-7-9-11-18)12-17(23-5)13-19(20(27)31-6)25-21(28)32-22(2,3)4/h7-12,14,19H,5,13H2,1-4,6H3,(H,25,28)/b17-12-/t19-/m0/s1. The third-order valence-corrected chi connectivity index (χ3v) is 6.08. The van der Waals surface area contributed by atoms with Crippen molar-refractivity contribution in [3.05, 3.63) is 53.5 Å². The fraction of sp³-hybridized carbons (Fsp3) is 0.364. The van der Waals surface area contributed by atoms with Crippen molar-refractivity contribution in [2.45, 2.75) is 50.7 Å². The molecule has 1 heterocycles. The Morgan fingerprint density at radius 1 is 1.27 bits per heavy atom. The van der Waals surface area contributed by atoms with Crippen LogP contribution in [-0.2, 0) is 24.3 Å². The van der Waals surface area contributed by atoms with E-state index in [4.69, 9.17) is 9.47 Å². The number of aromatic nitrogens is 2. The molecule has 178 valence electrons. The van der Waals surface area contributed by atoms with Gasteiger partial charge in [-0.15, -0.1) is 0 Å². The van der Waals surface area contributed by atoms with Gasteiger partial charge in [-0.25, -0.2) is 9.59 Å². The Morgan fingerprint density at radius 2 is 1.91 bits per heavy atom. The van der Waals surface area contributed by atoms with Crippen LogP contribution in [0.5, 0.6) is 0 Å². The van der Waals surface area contributed by atoms with E-state index in [-0.39, 0.29) is 11.3 Å². The second kappa shape index (κ2) is 10.4. The lowest BCUT2D eigenvalue weighted by Gasteiger charge is -2.22. The van der Waals surface area contributed by atoms with Crippen LogP contribution >= 0.6 is 0 Å². The second-order valence-corrected chi connectivity index (χ2v) is 9.83. The number of hydrogen-bond donors (Lipinski definition) is 1. The zero-order chi connectivity index (χ0) is 24.8. The van der Waals surface area contributed by atoms with Gasteiger partial charge in [0, 0.05) is 17.7 Å². The van der Waals surface area contributed by atoms with E-state index < -0.39 is 33.7 Å². The average molecular weight is 477 g/mol. The van der Waals surface area contributed by atoms with Gasteiger partial charge in [-0.1, -0.05) is 18.2 Å². The maximum absolute atomic E-state index is 12.9. The summed E-state index contributed by atoms with van der Waals surface area (Å²) < 4.78 is 36.7. The van der Waals surface area contributed by atoms with E-state index in [1.165, 1.54) is 25.4 Å². The van der Waals surface area contributed by atoms with Crippen LogP contribution in [0.3, 0.4) is 0 Å². The van der Waals surface area contributed by atoms with E-state index in [1.807, 2.05) is 0 Å². The Morgan fingerprint density at radius 3 is 2.45 bits per heavy atom. The number of hydrogen-bond acceptors (Lipinski definition) is 8. The first-order valence-electron chi connectivity index (χ1n) is 9.99. The summed E-state index contributed by atoms with van der Waals surface area (Å²) in [6.07, 6.45) is 2.05. The quantitative estimate of drug-likeness (QED) is 0.458. The summed E-state index contributed by atoms with van der Waals surface area (Å²) in [4.78, 5) is 28.3. The van der Waals surface area contributed by atoms with Crippen molar-refractivity contribution < 1.29 is 27.5 Å². The van der Waals surface area contributed by atoms with Crippen LogP contribution in [0, 0.1) is 6.92 Å². The minimum atomic E-state index is -3.88. The van der Waals surface area contributed by atoms with Gasteiger partial charge in [-0.3, -0.25) is 4.99 Å². The van der Waals surface area contributed by atoms with E-state index in [0.29, 0.717) is 17.0 Å². The molecule has 0 saturated carbocycles. The van der Waals surface area contributed by atoms with Crippen LogP contribution < -0.4 is 5.32 Å². The Balaban J connectivity index is 2.31. The number of nitrogens with zero attached hydrogens (tertiary/aromatic N) is 3. The molecule has 10 nitrogen and oxygen atoms in total. The molecule has 0 spiro atoms. The fourth-order valence-electron chi connectivity index (χ4n) is 2.82. The number of rotatable bonds is 8. The van der Waals surface area contributed by atoms with Crippen LogP contribution in [0.15, 0.2) is 52.1 Å². The number of ether oxygens (including phenoxy) is 2. The van der Waals surface area contributed by atoms with Gasteiger partial charge in [0.1, 0.15) is 11.6 Å². The van der Waals surface area contributed by atoms with Gasteiger partial charge in [-0.05, 0) is 52.6 Å². The molecule has 1 amide bonds. The number of alkyl carbamates (subject to hydrolysis) is 1. The van der Waals surface area contributed by atoms with Crippen molar-refractivity contribution >= 4 is 34.9 Å². The zero-order valence-electron chi connectivity index (χ0n) is 19.2. The summed E-state index contributed by atoms with van der Waals surface area (Å²) in [5.74, 6) is -0.700. The monoisotopic (exact) mass is 476 g/mol. The molecule has 2 aromatic rings. The van der Waals surface area contributed by atoms with Gasteiger partial charge in [0.25, 0.3) is 10.0 Å². The molecule has 0 unspecified atom stereocenters. The normalized spacial score (nSPS) is 13.2. The molecule has 1 aromatic carbocycles. The number of nitrogens with one attached hydrogen (secondary N) is 1. The average Bonchev–Trinajstić information content (AvgIpc) is 3.12. The molecule has 0 saturated heterocycles. The number of benzene rings is 1. The molecule has 1 N–H and O–H groups in total. The topological polar surface area (TPSA) is 129 Å². The SMILES string of the molecule is C=N/C(=C\c1cnn(S(=O)(=O)c2ccccc2)c1C)C[C@H](NC(=O)OC(C)(C)C)C(=O)OC. The summed E-state index contributed by atoms with van der Waals surface area (Å²) in [6.45, 7) is 10.2. The summed E-state index contributed by atoms with van der Waals surface area (Å²) in [7, 11) is -2.69. The number of aliphatic imine (C=N–C) groups is 1. The van der Waals surface area contributed by atoms with Crippen LogP contribution in [0.4, 0.5) is 4.79 Å². The van der Waals surface area contributed by atoms with Crippen molar-refractivity contribution in [3.8, 4) is 0 Å². The highest BCUT2D eigenvalue weighted by molar-refractivity contribution is 7.89. The molecule has 0 radical (unpaired) electrons. The first-order valence-corrected chi connectivity index (χ1v) is 11.4. The zero-order valence-corrected chi connectivity index (χ0v) is 20.0. The predicted octanol–water partition coefficient (Wildman–Crippen LogP) is 2.93. The molecular formula is C22H28N4O6S. The van der Waals surface area contributed by atoms with Gasteiger partial charge in [0.2, 0.25) is 0 Å². The lowest BCUT2D eigenvalue weighted by atomic mass is 10.1. The first-order chi connectivity index (χ1) is 15.4. The molecule has 11 heteroatoms. The van der Waals surface area contributed by atoms with E-state index in [9.17, 15) is 18.0 Å². The Labute approximate surface area is 193 Å². The number of amides is 1. The van der Waals surface area contributed by atoms with E-state index in [2.05, 4.69) is 22.1 Å². The molecule has 1 aromatic heterocycles. The van der Waals surface area contributed by atoms with Gasteiger partial charge in [-0.2, -0.15) is 17.6 Å². The molecule has 1 atom stereocenters. The maximum atomic E-state index is 12.9. The molecular weight excluding hydrogens is 448 g/mol. The highest BCUT2D eigenvalue weighted by Gasteiger charge is 2.26. The van der Waals surface area contributed by atoms with Crippen LogP contribution in [0.25, 0.3) is 6.08 Å². The Bertz CT molecular complexity index is 1150. The van der Waals surface area contributed by atoms with E-state index >= 15 is 0 Å². The summed E-state index contributed by atoms with van der Waals surface area (Å²) in [5, 5.41) is 6.47. The molecule has 2 rings (SSSR count). The van der Waals surface area contributed by atoms with Crippen LogP contribution in [0.2, 0.25) is 0 Å². The van der Waals surface area contributed by atoms with Crippen molar-refractivity contribution in [2.24, 2.45) is 4.99 Å². The molecule has 0 aliphatic rings. The lowest BCUT2D eigenvalue weighted by molar-refractivity contribution is -0.143. The maximum Gasteiger partial charge on any atom is 0.408 e. The van der Waals surface area contributed by atoms with Crippen LogP contribution in [-0.4, -0.2) is 55.1 Å². The second-order valence-electron chi connectivity index (χ2n) is 8.07. The number of methoxy groups -OCH3 is 1. The molecule has 0 bridgehead atoms. The smallest absolute Gasteiger partial charge is 0.408 e. The lowest BCUT2D eigenvalue weighted by Crippen LogP contribution is -2.44. The number of carbonyl (C=O) groups excluding carboxylic acids is 2. The largest absolute Gasteiger partial charge is 0.467 e. The van der Waals surface area contributed by atoms with Crippen molar-refractivity contribution in [2.75, 3.05) is 7.11 Å². The molecule has 0 aliphatic carbocycles. The van der Waals surface area contributed by atoms with Gasteiger partial charge in [0.05, 0.1) is 23.9 Å². The Kier molecular flexibility index (Phi) is 8.15. The number of carbonyl (C=O) groups is 2. The molecule has 0 aliphatic heterocycles. The Hall–Kier alpha value is -3.47. The summed E-state index contributed by atoms with van der Waals surface area (Å²) in [5.41, 5.74) is 0.351. The predicted molar refractivity (Wildman–Crippen MR) is 123 cm³/mol. The molecule has 0 fully saturated rings. The highest BCUT2D eigenvalue weighted by Crippen LogP contribution is 2.21. The van der Waals surface area contributed by atoms with Gasteiger partial charge < -0.3 is 14.8 Å². The third kappa shape index (κ3) is 6.75. The van der Waals surface area contributed by atoms with Gasteiger partial charge >= 0.3 is 12.1 Å². The van der Waals surface area contributed by atoms with E-state index in [0.717, 1.165) is 4.09 Å². The van der Waals surface area contributed by atoms with Crippen molar-refractivity contribution in [3.63, 3.8) is 0 Å². The fourth-order valence-corrected chi connectivity index (χ4v) is 4.16. The van der Waals surface area contributed by atoms with Crippen LogP contribution in [0.1, 0.15) is 38.4 Å². The van der Waals surface area contributed by atoms with Crippen molar-refractivity contribution in [1.29, 1.82) is 0 Å². The molecule has 33 heavy (non-hydrogen) atoms. The van der Waals surface area contributed by atoms with Gasteiger partial charge in [0.15, 0.2) is 0 Å². The summed E-state index contributed by atoms with van der Waals surface area (Å²) in [6, 6.07) is 6.82. The first kappa shape index (κ1) is 25.8.